The van der Waals surface area contributed by atoms with Crippen LogP contribution < -0.4 is 0 Å². The molecule has 4 aliphatic carbocycles. The van der Waals surface area contributed by atoms with Gasteiger partial charge in [-0.2, -0.15) is 21.6 Å². The van der Waals surface area contributed by atoms with Gasteiger partial charge in [0, 0.05) is 17.8 Å². The van der Waals surface area contributed by atoms with E-state index >= 15 is 0 Å². The molecule has 5 rings (SSSR count). The van der Waals surface area contributed by atoms with Crippen molar-refractivity contribution in [3.05, 3.63) is 11.8 Å². The second-order valence-corrected chi connectivity index (χ2v) is 12.8. The lowest BCUT2D eigenvalue weighted by Gasteiger charge is -2.60. The minimum absolute atomic E-state index is 0.0103. The molecular formula is C23H33F3O5S. The molecule has 3 saturated carbocycles. The van der Waals surface area contributed by atoms with Gasteiger partial charge in [-0.25, -0.2) is 0 Å². The predicted molar refractivity (Wildman–Crippen MR) is 110 cm³/mol. The Morgan fingerprint density at radius 3 is 2.34 bits per heavy atom. The van der Waals surface area contributed by atoms with E-state index in [4.69, 9.17) is 13.7 Å². The molecule has 182 valence electrons. The minimum atomic E-state index is -5.71. The second kappa shape index (κ2) is 7.11. The molecule has 0 aromatic carbocycles. The average molecular weight is 479 g/mol. The van der Waals surface area contributed by atoms with E-state index in [2.05, 4.69) is 20.8 Å². The fraction of sp³-hybridized carbons (Fsp3) is 0.913. The summed E-state index contributed by atoms with van der Waals surface area (Å²) in [6.45, 7) is 7.53. The van der Waals surface area contributed by atoms with Gasteiger partial charge in [0.15, 0.2) is 5.79 Å². The van der Waals surface area contributed by atoms with Crippen LogP contribution in [-0.2, 0) is 23.8 Å². The molecule has 0 radical (unpaired) electrons. The highest BCUT2D eigenvalue weighted by molar-refractivity contribution is 7.87. The van der Waals surface area contributed by atoms with Crippen LogP contribution in [-0.4, -0.2) is 32.9 Å². The van der Waals surface area contributed by atoms with E-state index in [-0.39, 0.29) is 40.3 Å². The maximum Gasteiger partial charge on any atom is 0.534 e. The van der Waals surface area contributed by atoms with Crippen molar-refractivity contribution in [1.29, 1.82) is 0 Å². The molecule has 7 atom stereocenters. The molecule has 0 amide bonds. The lowest BCUT2D eigenvalue weighted by molar-refractivity contribution is -0.242. The van der Waals surface area contributed by atoms with Gasteiger partial charge in [-0.05, 0) is 67.3 Å². The minimum Gasteiger partial charge on any atom is -0.381 e. The molecule has 0 unspecified atom stereocenters. The van der Waals surface area contributed by atoms with Crippen molar-refractivity contribution in [2.24, 2.45) is 40.4 Å². The first kappa shape index (κ1) is 23.0. The molecule has 1 heterocycles. The molecule has 1 spiro atoms. The van der Waals surface area contributed by atoms with Gasteiger partial charge in [0.1, 0.15) is 5.76 Å². The quantitative estimate of drug-likeness (QED) is 0.394. The topological polar surface area (TPSA) is 61.8 Å². The molecule has 0 aromatic rings. The smallest absolute Gasteiger partial charge is 0.381 e. The Morgan fingerprint density at radius 1 is 1.03 bits per heavy atom. The second-order valence-electron chi connectivity index (χ2n) is 11.2. The molecule has 0 N–H and O–H groups in total. The van der Waals surface area contributed by atoms with Crippen molar-refractivity contribution in [1.82, 2.24) is 0 Å². The third-order valence-electron chi connectivity index (χ3n) is 9.78. The maximum atomic E-state index is 13.2. The Hall–Kier alpha value is -0.800. The Kier molecular flexibility index (Phi) is 5.10. The number of hydrogen-bond donors (Lipinski definition) is 0. The maximum absolute atomic E-state index is 13.2. The largest absolute Gasteiger partial charge is 0.534 e. The van der Waals surface area contributed by atoms with Crippen LogP contribution in [0, 0.1) is 40.4 Å². The highest BCUT2D eigenvalue weighted by Crippen LogP contribution is 2.69. The monoisotopic (exact) mass is 478 g/mol. The van der Waals surface area contributed by atoms with Crippen molar-refractivity contribution in [2.75, 3.05) is 13.2 Å². The molecule has 1 saturated heterocycles. The Labute approximate surface area is 188 Å². The zero-order valence-corrected chi connectivity index (χ0v) is 19.7. The standard InChI is InChI=1S/C23H33F3O5S/c1-14-4-7-20(2)16-5-8-21(3)17(6-9-22(21)29-10-11-30-22)15(16)13-19(18(20)12-14)31-32(27,28)23(24,25)26/h13-18H,4-12H2,1-3H3/t14-,15+,16-,17-,18+,20+,21-/m0/s1. The van der Waals surface area contributed by atoms with Crippen LogP contribution in [0.3, 0.4) is 0 Å². The van der Waals surface area contributed by atoms with E-state index in [1.54, 1.807) is 6.08 Å². The lowest BCUT2D eigenvalue weighted by atomic mass is 9.46. The van der Waals surface area contributed by atoms with Crippen molar-refractivity contribution in [2.45, 2.75) is 77.0 Å². The molecule has 5 nitrogen and oxygen atoms in total. The molecule has 4 fully saturated rings. The Bertz CT molecular complexity index is 909. The third kappa shape index (κ3) is 3.05. The van der Waals surface area contributed by atoms with Gasteiger partial charge >= 0.3 is 15.6 Å². The third-order valence-corrected chi connectivity index (χ3v) is 10.8. The van der Waals surface area contributed by atoms with Crippen molar-refractivity contribution < 1.29 is 35.2 Å². The number of hydrogen-bond acceptors (Lipinski definition) is 5. The molecule has 9 heteroatoms. The van der Waals surface area contributed by atoms with E-state index in [0.29, 0.717) is 25.6 Å². The van der Waals surface area contributed by atoms with E-state index < -0.39 is 21.4 Å². The average Bonchev–Trinajstić information content (AvgIpc) is 3.28. The van der Waals surface area contributed by atoms with Gasteiger partial charge in [0.25, 0.3) is 0 Å². The van der Waals surface area contributed by atoms with Crippen LogP contribution in [0.15, 0.2) is 11.8 Å². The van der Waals surface area contributed by atoms with E-state index in [1.807, 2.05) is 0 Å². The van der Waals surface area contributed by atoms with Gasteiger partial charge in [0.05, 0.1) is 13.2 Å². The summed E-state index contributed by atoms with van der Waals surface area (Å²) in [6, 6.07) is 0. The fourth-order valence-corrected chi connectivity index (χ4v) is 8.58. The van der Waals surface area contributed by atoms with Crippen LogP contribution in [0.5, 0.6) is 0 Å². The van der Waals surface area contributed by atoms with Gasteiger partial charge in [-0.1, -0.05) is 27.2 Å². The first-order chi connectivity index (χ1) is 14.8. The van der Waals surface area contributed by atoms with E-state index in [0.717, 1.165) is 38.5 Å². The van der Waals surface area contributed by atoms with Crippen LogP contribution in [0.4, 0.5) is 13.2 Å². The summed E-state index contributed by atoms with van der Waals surface area (Å²) < 4.78 is 80.9. The molecule has 0 aromatic heterocycles. The van der Waals surface area contributed by atoms with E-state index in [9.17, 15) is 21.6 Å². The summed E-state index contributed by atoms with van der Waals surface area (Å²) in [6.07, 6.45) is 7.77. The molecule has 32 heavy (non-hydrogen) atoms. The zero-order chi connectivity index (χ0) is 23.2. The molecule has 5 aliphatic rings. The highest BCUT2D eigenvalue weighted by Gasteiger charge is 2.67. The van der Waals surface area contributed by atoms with Crippen LogP contribution in [0.25, 0.3) is 0 Å². The Morgan fingerprint density at radius 2 is 1.69 bits per heavy atom. The summed E-state index contributed by atoms with van der Waals surface area (Å²) in [5, 5.41) is 0. The summed E-state index contributed by atoms with van der Waals surface area (Å²) in [7, 11) is -5.71. The van der Waals surface area contributed by atoms with Gasteiger partial charge in [0.2, 0.25) is 0 Å². The first-order valence-corrected chi connectivity index (χ1v) is 13.2. The number of ether oxygens (including phenoxy) is 2. The number of allylic oxidation sites excluding steroid dienone is 2. The van der Waals surface area contributed by atoms with Crippen molar-refractivity contribution >= 4 is 10.1 Å². The van der Waals surface area contributed by atoms with Gasteiger partial charge in [-0.3, -0.25) is 0 Å². The zero-order valence-electron chi connectivity index (χ0n) is 18.9. The van der Waals surface area contributed by atoms with Crippen LogP contribution in [0.2, 0.25) is 0 Å². The predicted octanol–water partition coefficient (Wildman–Crippen LogP) is 5.38. The Balaban J connectivity index is 1.57. The lowest BCUT2D eigenvalue weighted by Crippen LogP contribution is -2.56. The first-order valence-electron chi connectivity index (χ1n) is 11.8. The van der Waals surface area contributed by atoms with Crippen molar-refractivity contribution in [3.63, 3.8) is 0 Å². The number of rotatable bonds is 2. The SMILES string of the molecule is C[C@H]1CC[C@@]2(C)[C@H](C1)C(OS(=O)(=O)C(F)(F)F)=C[C@@H]1[C@@H]2CC[C@@]2(C)[C@H]1CCC21OCCO1. The summed E-state index contributed by atoms with van der Waals surface area (Å²) >= 11 is 0. The summed E-state index contributed by atoms with van der Waals surface area (Å²) in [5.74, 6) is -0.226. The van der Waals surface area contributed by atoms with Crippen molar-refractivity contribution in [3.8, 4) is 0 Å². The van der Waals surface area contributed by atoms with Crippen LogP contribution in [0.1, 0.15) is 65.7 Å². The molecule has 0 bridgehead atoms. The van der Waals surface area contributed by atoms with E-state index in [1.165, 1.54) is 0 Å². The highest BCUT2D eigenvalue weighted by atomic mass is 32.2. The summed E-state index contributed by atoms with van der Waals surface area (Å²) in [4.78, 5) is 0. The molecule has 1 aliphatic heterocycles. The van der Waals surface area contributed by atoms with Gasteiger partial charge in [-0.15, -0.1) is 0 Å². The normalized spacial score (nSPS) is 45.7. The number of halogens is 3. The molecular weight excluding hydrogens is 445 g/mol. The van der Waals surface area contributed by atoms with Crippen LogP contribution >= 0.6 is 0 Å². The van der Waals surface area contributed by atoms with Gasteiger partial charge < -0.3 is 13.7 Å². The fourth-order valence-electron chi connectivity index (χ4n) is 8.06. The number of alkyl halides is 3. The number of fused-ring (bicyclic) bond motifs is 6. The summed E-state index contributed by atoms with van der Waals surface area (Å²) in [5.41, 5.74) is -5.97.